The predicted molar refractivity (Wildman–Crippen MR) is 35.2 cm³/mol. The molecule has 0 radical (unpaired) electrons. The van der Waals surface area contributed by atoms with Crippen molar-refractivity contribution in [3.8, 4) is 0 Å². The number of rotatable bonds is 2. The number of nitrogens with one attached hydrogen (secondary N) is 1. The molecule has 0 heterocycles. The maximum Gasteiger partial charge on any atom is 0.316 e. The van der Waals surface area contributed by atoms with Crippen molar-refractivity contribution < 1.29 is 9.18 Å². The molecule has 5 N–H and O–H groups in total. The van der Waals surface area contributed by atoms with E-state index in [9.17, 15) is 9.18 Å². The number of nitrogens with two attached hydrogens (primary N) is 2. The molecule has 0 saturated heterocycles. The lowest BCUT2D eigenvalue weighted by Crippen LogP contribution is -2.24. The minimum absolute atomic E-state index is 0.256. The highest BCUT2D eigenvalue weighted by atomic mass is 19.1. The first-order valence-corrected chi connectivity index (χ1v) is 2.40. The summed E-state index contributed by atoms with van der Waals surface area (Å²) in [4.78, 5) is 9.96. The number of urea groups is 1. The lowest BCUT2D eigenvalue weighted by molar-refractivity contribution is 0.252. The molecule has 0 aromatic rings. The van der Waals surface area contributed by atoms with Crippen LogP contribution >= 0.6 is 0 Å². The van der Waals surface area contributed by atoms with Crippen LogP contribution in [-0.2, 0) is 0 Å². The molecule has 2 amide bonds. The minimum Gasteiger partial charge on any atom is -0.397 e. The van der Waals surface area contributed by atoms with E-state index in [-0.39, 0.29) is 5.70 Å². The predicted octanol–water partition coefficient (Wildman–Crippen LogP) is -0.0620. The Labute approximate surface area is 57.4 Å². The van der Waals surface area contributed by atoms with Crippen LogP contribution in [0.2, 0.25) is 0 Å². The first-order chi connectivity index (χ1) is 4.54. The van der Waals surface area contributed by atoms with E-state index in [1.807, 2.05) is 5.32 Å². The summed E-state index contributed by atoms with van der Waals surface area (Å²) in [6.07, 6.45) is 0.741. The Bertz CT molecular complexity index is 187. The van der Waals surface area contributed by atoms with Crippen LogP contribution in [-0.4, -0.2) is 6.03 Å². The van der Waals surface area contributed by atoms with Crippen molar-refractivity contribution in [2.75, 3.05) is 0 Å². The van der Waals surface area contributed by atoms with Crippen molar-refractivity contribution in [3.63, 3.8) is 0 Å². The van der Waals surface area contributed by atoms with Crippen LogP contribution in [0.5, 0.6) is 0 Å². The first-order valence-electron chi connectivity index (χ1n) is 2.40. The summed E-state index contributed by atoms with van der Waals surface area (Å²) in [5.74, 6) is -0.807. The van der Waals surface area contributed by atoms with Crippen molar-refractivity contribution in [1.29, 1.82) is 0 Å². The van der Waals surface area contributed by atoms with Gasteiger partial charge in [0.15, 0.2) is 5.83 Å². The molecule has 0 spiro atoms. The van der Waals surface area contributed by atoms with E-state index < -0.39 is 11.9 Å². The number of carbonyl (C=O) groups excluding carboxylic acids is 1. The summed E-state index contributed by atoms with van der Waals surface area (Å²) in [6, 6.07) is -0.851. The molecule has 0 aromatic heterocycles. The summed E-state index contributed by atoms with van der Waals surface area (Å²) in [6.45, 7) is 3.08. The Balaban J connectivity index is 3.92. The van der Waals surface area contributed by atoms with Gasteiger partial charge in [-0.25, -0.2) is 9.18 Å². The van der Waals surface area contributed by atoms with Gasteiger partial charge in [0, 0.05) is 6.20 Å². The fraction of sp³-hybridized carbons (Fsp3) is 0. The lowest BCUT2D eigenvalue weighted by atomic mass is 10.4. The van der Waals surface area contributed by atoms with Crippen LogP contribution in [0.4, 0.5) is 9.18 Å². The van der Waals surface area contributed by atoms with Crippen LogP contribution in [0.1, 0.15) is 0 Å². The van der Waals surface area contributed by atoms with Crippen LogP contribution in [0.15, 0.2) is 24.3 Å². The molecule has 0 aromatic carbocycles. The number of carbonyl (C=O) groups is 1. The van der Waals surface area contributed by atoms with E-state index in [1.165, 1.54) is 0 Å². The van der Waals surface area contributed by atoms with Gasteiger partial charge in [-0.05, 0) is 0 Å². The van der Waals surface area contributed by atoms with E-state index in [0.29, 0.717) is 0 Å². The van der Waals surface area contributed by atoms with Crippen molar-refractivity contribution >= 4 is 6.03 Å². The van der Waals surface area contributed by atoms with Crippen LogP contribution < -0.4 is 16.8 Å². The van der Waals surface area contributed by atoms with Crippen molar-refractivity contribution in [2.45, 2.75) is 0 Å². The van der Waals surface area contributed by atoms with Gasteiger partial charge in [0.2, 0.25) is 0 Å². The fourth-order valence-corrected chi connectivity index (χ4v) is 0.227. The van der Waals surface area contributed by atoms with Gasteiger partial charge < -0.3 is 16.8 Å². The van der Waals surface area contributed by atoms with Crippen molar-refractivity contribution in [3.05, 3.63) is 24.3 Å². The van der Waals surface area contributed by atoms with Gasteiger partial charge in [-0.2, -0.15) is 0 Å². The number of hydrogen-bond acceptors (Lipinski definition) is 2. The van der Waals surface area contributed by atoms with Crippen LogP contribution in [0.3, 0.4) is 0 Å². The Morgan fingerprint density at radius 3 is 2.40 bits per heavy atom. The molecule has 0 atom stereocenters. The third kappa shape index (κ3) is 3.48. The van der Waals surface area contributed by atoms with Crippen molar-refractivity contribution in [1.82, 2.24) is 5.32 Å². The zero-order valence-corrected chi connectivity index (χ0v) is 5.23. The zero-order valence-electron chi connectivity index (χ0n) is 5.23. The number of allylic oxidation sites excluding steroid dienone is 1. The molecular formula is C5H8FN3O. The van der Waals surface area contributed by atoms with Crippen molar-refractivity contribution in [2.24, 2.45) is 11.5 Å². The second-order valence-electron chi connectivity index (χ2n) is 1.53. The molecule has 0 unspecified atom stereocenters. The lowest BCUT2D eigenvalue weighted by Gasteiger charge is -1.94. The molecule has 4 nitrogen and oxygen atoms in total. The Morgan fingerprint density at radius 2 is 2.10 bits per heavy atom. The second-order valence-corrected chi connectivity index (χ2v) is 1.53. The topological polar surface area (TPSA) is 81.1 Å². The zero-order chi connectivity index (χ0) is 8.15. The number of hydrogen-bond donors (Lipinski definition) is 3. The summed E-state index contributed by atoms with van der Waals surface area (Å²) in [5, 5.41) is 1.89. The second kappa shape index (κ2) is 3.49. The smallest absolute Gasteiger partial charge is 0.316 e. The maximum atomic E-state index is 12.3. The van der Waals surface area contributed by atoms with Gasteiger partial charge in [-0.1, -0.05) is 6.58 Å². The number of primary amides is 1. The summed E-state index contributed by atoms with van der Waals surface area (Å²) in [7, 11) is 0. The van der Waals surface area contributed by atoms with E-state index >= 15 is 0 Å². The molecular weight excluding hydrogens is 137 g/mol. The monoisotopic (exact) mass is 145 g/mol. The molecule has 0 aliphatic heterocycles. The third-order valence-corrected chi connectivity index (χ3v) is 0.648. The highest BCUT2D eigenvalue weighted by molar-refractivity contribution is 5.72. The summed E-state index contributed by atoms with van der Waals surface area (Å²) < 4.78 is 12.3. The summed E-state index contributed by atoms with van der Waals surface area (Å²) in [5.41, 5.74) is 9.25. The molecule has 56 valence electrons. The quantitative estimate of drug-likeness (QED) is 0.476. The highest BCUT2D eigenvalue weighted by Gasteiger charge is 1.94. The third-order valence-electron chi connectivity index (χ3n) is 0.648. The molecule has 0 aliphatic carbocycles. The van der Waals surface area contributed by atoms with Gasteiger partial charge in [0.25, 0.3) is 0 Å². The molecule has 0 aliphatic rings. The minimum atomic E-state index is -0.851. The van der Waals surface area contributed by atoms with E-state index in [0.717, 1.165) is 6.20 Å². The SMILES string of the molecule is C=C(N)/C(F)=C\NC(N)=O. The normalized spacial score (nSPS) is 10.7. The number of amides is 2. The molecule has 0 saturated carbocycles. The Morgan fingerprint density at radius 1 is 1.60 bits per heavy atom. The van der Waals surface area contributed by atoms with E-state index in [2.05, 4.69) is 12.3 Å². The van der Waals surface area contributed by atoms with E-state index in [1.54, 1.807) is 0 Å². The molecule has 10 heavy (non-hydrogen) atoms. The molecule has 0 rings (SSSR count). The average molecular weight is 145 g/mol. The first kappa shape index (κ1) is 8.48. The molecule has 5 heteroatoms. The van der Waals surface area contributed by atoms with Gasteiger partial charge in [0.1, 0.15) is 0 Å². The highest BCUT2D eigenvalue weighted by Crippen LogP contribution is 1.99. The average Bonchev–Trinajstić information content (AvgIpc) is 1.82. The largest absolute Gasteiger partial charge is 0.397 e. The van der Waals surface area contributed by atoms with Gasteiger partial charge in [-0.3, -0.25) is 0 Å². The maximum absolute atomic E-state index is 12.3. The summed E-state index contributed by atoms with van der Waals surface area (Å²) >= 11 is 0. The van der Waals surface area contributed by atoms with Gasteiger partial charge in [-0.15, -0.1) is 0 Å². The van der Waals surface area contributed by atoms with E-state index in [4.69, 9.17) is 5.73 Å². The standard InChI is InChI=1S/C5H8FN3O/c1-3(7)4(6)2-9-5(8)10/h2H,1,7H2,(H3,8,9,10)/b4-2+. The number of halogens is 1. The van der Waals surface area contributed by atoms with Crippen LogP contribution in [0, 0.1) is 0 Å². The Kier molecular flexibility index (Phi) is 2.96. The fourth-order valence-electron chi connectivity index (χ4n) is 0.227. The molecule has 0 fully saturated rings. The molecule has 0 bridgehead atoms. The van der Waals surface area contributed by atoms with Gasteiger partial charge in [0.05, 0.1) is 5.70 Å². The Hall–Kier alpha value is -1.52. The van der Waals surface area contributed by atoms with Gasteiger partial charge >= 0.3 is 6.03 Å². The van der Waals surface area contributed by atoms with Crippen LogP contribution in [0.25, 0.3) is 0 Å².